The predicted octanol–water partition coefficient (Wildman–Crippen LogP) is 5.91. The summed E-state index contributed by atoms with van der Waals surface area (Å²) in [4.78, 5) is 49.5. The van der Waals surface area contributed by atoms with Crippen molar-refractivity contribution in [2.45, 2.75) is 13.8 Å². The molecule has 2 aromatic carbocycles. The topological polar surface area (TPSA) is 123 Å². The second kappa shape index (κ2) is 9.88. The summed E-state index contributed by atoms with van der Waals surface area (Å²) < 4.78 is 6.42. The van der Waals surface area contributed by atoms with Gasteiger partial charge in [0.2, 0.25) is 5.91 Å². The highest BCUT2D eigenvalue weighted by Gasteiger charge is 2.36. The van der Waals surface area contributed by atoms with Crippen LogP contribution in [0.2, 0.25) is 0 Å². The molecule has 1 aromatic heterocycles. The van der Waals surface area contributed by atoms with Crippen molar-refractivity contribution in [3.8, 4) is 11.3 Å². The molecular weight excluding hydrogens is 538 g/mol. The molecule has 3 amide bonds. The number of benzene rings is 2. The van der Waals surface area contributed by atoms with Gasteiger partial charge in [-0.1, -0.05) is 12.1 Å². The van der Waals surface area contributed by atoms with Crippen LogP contribution in [-0.2, 0) is 9.59 Å². The Bertz CT molecular complexity index is 1410. The van der Waals surface area contributed by atoms with E-state index in [1.165, 1.54) is 12.1 Å². The van der Waals surface area contributed by atoms with E-state index in [4.69, 9.17) is 4.42 Å². The molecule has 9 nitrogen and oxygen atoms in total. The molecule has 0 aliphatic carbocycles. The van der Waals surface area contributed by atoms with Crippen LogP contribution in [0.4, 0.5) is 16.2 Å². The van der Waals surface area contributed by atoms with E-state index in [1.807, 2.05) is 6.92 Å². The molecule has 0 bridgehead atoms. The Morgan fingerprint density at radius 2 is 1.89 bits per heavy atom. The number of para-hydroxylation sites is 1. The molecule has 0 radical (unpaired) electrons. The lowest BCUT2D eigenvalue weighted by Gasteiger charge is -2.13. The van der Waals surface area contributed by atoms with Crippen molar-refractivity contribution in [3.05, 3.63) is 84.9 Å². The summed E-state index contributed by atoms with van der Waals surface area (Å²) in [6.45, 7) is 3.19. The van der Waals surface area contributed by atoms with E-state index >= 15 is 0 Å². The number of halogens is 1. The van der Waals surface area contributed by atoms with Crippen molar-refractivity contribution in [1.29, 1.82) is 0 Å². The number of aryl methyl sites for hydroxylation is 2. The SMILES string of the molecule is Cc1cc(-c2ccc(/C=C3\SC(=O)N(CC(=O)Nc4ccccc4Br)C3=O)o2)c([N+](=O)[O-])cc1C. The largest absolute Gasteiger partial charge is 0.456 e. The standard InChI is InChI=1S/C24H18BrN3O6S/c1-13-9-16(19(28(32)33)10-14(13)2)20-8-7-15(34-20)11-21-23(30)27(24(31)35-21)12-22(29)26-18-6-4-3-5-17(18)25/h3-11H,12H2,1-2H3,(H,26,29)/b21-11-. The number of carbonyl (C=O) groups excluding carboxylic acids is 3. The smallest absolute Gasteiger partial charge is 0.294 e. The minimum atomic E-state index is -0.627. The van der Waals surface area contributed by atoms with Crippen LogP contribution < -0.4 is 5.32 Å². The van der Waals surface area contributed by atoms with E-state index < -0.39 is 28.5 Å². The van der Waals surface area contributed by atoms with Gasteiger partial charge in [-0.25, -0.2) is 0 Å². The normalized spacial score (nSPS) is 14.6. The van der Waals surface area contributed by atoms with Crippen LogP contribution in [0.15, 0.2) is 62.3 Å². The van der Waals surface area contributed by atoms with Gasteiger partial charge in [-0.3, -0.25) is 29.4 Å². The van der Waals surface area contributed by atoms with Gasteiger partial charge in [0, 0.05) is 16.6 Å². The number of nitro benzene ring substituents is 1. The first-order valence-electron chi connectivity index (χ1n) is 10.3. The van der Waals surface area contributed by atoms with Gasteiger partial charge >= 0.3 is 0 Å². The summed E-state index contributed by atoms with van der Waals surface area (Å²) in [7, 11) is 0. The molecule has 178 valence electrons. The van der Waals surface area contributed by atoms with E-state index in [0.29, 0.717) is 27.5 Å². The first-order chi connectivity index (χ1) is 16.6. The average molecular weight is 556 g/mol. The number of hydrogen-bond acceptors (Lipinski definition) is 7. The van der Waals surface area contributed by atoms with Gasteiger partial charge in [0.05, 0.1) is 21.1 Å². The molecule has 0 saturated carbocycles. The van der Waals surface area contributed by atoms with Crippen molar-refractivity contribution in [2.24, 2.45) is 0 Å². The first-order valence-corrected chi connectivity index (χ1v) is 11.9. The van der Waals surface area contributed by atoms with Crippen molar-refractivity contribution >= 4 is 62.2 Å². The number of rotatable bonds is 6. The molecule has 1 saturated heterocycles. The number of imide groups is 1. The molecule has 0 spiro atoms. The van der Waals surface area contributed by atoms with Gasteiger partial charge in [-0.2, -0.15) is 0 Å². The van der Waals surface area contributed by atoms with Crippen LogP contribution in [0.5, 0.6) is 0 Å². The van der Waals surface area contributed by atoms with Gasteiger partial charge in [-0.15, -0.1) is 0 Å². The molecule has 0 atom stereocenters. The number of nitrogens with one attached hydrogen (secondary N) is 1. The molecule has 1 aliphatic rings. The number of hydrogen-bond donors (Lipinski definition) is 1. The zero-order valence-corrected chi connectivity index (χ0v) is 20.9. The van der Waals surface area contributed by atoms with Crippen molar-refractivity contribution in [1.82, 2.24) is 4.90 Å². The van der Waals surface area contributed by atoms with Crippen LogP contribution in [0.25, 0.3) is 17.4 Å². The number of anilines is 1. The molecule has 1 aliphatic heterocycles. The molecule has 1 N–H and O–H groups in total. The number of amides is 3. The molecule has 11 heteroatoms. The van der Waals surface area contributed by atoms with Crippen LogP contribution in [0, 0.1) is 24.0 Å². The number of nitro groups is 1. The highest BCUT2D eigenvalue weighted by Crippen LogP contribution is 2.36. The van der Waals surface area contributed by atoms with Gasteiger partial charge in [0.15, 0.2) is 0 Å². The molecule has 0 unspecified atom stereocenters. The van der Waals surface area contributed by atoms with E-state index in [0.717, 1.165) is 16.0 Å². The Morgan fingerprint density at radius 3 is 2.60 bits per heavy atom. The number of thioether (sulfide) groups is 1. The highest BCUT2D eigenvalue weighted by molar-refractivity contribution is 9.10. The van der Waals surface area contributed by atoms with Crippen LogP contribution >= 0.6 is 27.7 Å². The Balaban J connectivity index is 1.52. The summed E-state index contributed by atoms with van der Waals surface area (Å²) in [6, 6.07) is 13.3. The number of carbonyl (C=O) groups is 3. The zero-order valence-electron chi connectivity index (χ0n) is 18.5. The molecule has 35 heavy (non-hydrogen) atoms. The Hall–Kier alpha value is -3.70. The van der Waals surface area contributed by atoms with Crippen molar-refractivity contribution in [2.75, 3.05) is 11.9 Å². The lowest BCUT2D eigenvalue weighted by atomic mass is 10.0. The monoisotopic (exact) mass is 555 g/mol. The molecular formula is C24H18BrN3O6S. The summed E-state index contributed by atoms with van der Waals surface area (Å²) in [5.41, 5.74) is 2.39. The van der Waals surface area contributed by atoms with E-state index in [1.54, 1.807) is 49.4 Å². The van der Waals surface area contributed by atoms with Gasteiger partial charge in [0.25, 0.3) is 16.8 Å². The van der Waals surface area contributed by atoms with Gasteiger partial charge in [-0.05, 0) is 83.0 Å². The fraction of sp³-hybridized carbons (Fsp3) is 0.125. The lowest BCUT2D eigenvalue weighted by Crippen LogP contribution is -2.36. The second-order valence-corrected chi connectivity index (χ2v) is 9.56. The predicted molar refractivity (Wildman–Crippen MR) is 136 cm³/mol. The third-order valence-electron chi connectivity index (χ3n) is 5.30. The maximum atomic E-state index is 12.8. The van der Waals surface area contributed by atoms with Gasteiger partial charge in [0.1, 0.15) is 18.1 Å². The quantitative estimate of drug-likeness (QED) is 0.228. The minimum Gasteiger partial charge on any atom is -0.456 e. The molecule has 3 aromatic rings. The molecule has 4 rings (SSSR count). The first kappa shape index (κ1) is 24.4. The fourth-order valence-corrected chi connectivity index (χ4v) is 4.59. The summed E-state index contributed by atoms with van der Waals surface area (Å²) in [5.74, 6) is -0.644. The van der Waals surface area contributed by atoms with E-state index in [-0.39, 0.29) is 22.1 Å². The molecule has 2 heterocycles. The Labute approximate surface area is 212 Å². The van der Waals surface area contributed by atoms with E-state index in [2.05, 4.69) is 21.2 Å². The minimum absolute atomic E-state index is 0.0826. The Kier molecular flexibility index (Phi) is 6.90. The third-order valence-corrected chi connectivity index (χ3v) is 6.90. The highest BCUT2D eigenvalue weighted by atomic mass is 79.9. The molecule has 1 fully saturated rings. The van der Waals surface area contributed by atoms with Crippen molar-refractivity contribution in [3.63, 3.8) is 0 Å². The fourth-order valence-electron chi connectivity index (χ4n) is 3.39. The maximum Gasteiger partial charge on any atom is 0.294 e. The number of furan rings is 1. The van der Waals surface area contributed by atoms with Crippen LogP contribution in [-0.4, -0.2) is 33.4 Å². The summed E-state index contributed by atoms with van der Waals surface area (Å²) >= 11 is 4.01. The lowest BCUT2D eigenvalue weighted by molar-refractivity contribution is -0.384. The second-order valence-electron chi connectivity index (χ2n) is 7.71. The summed E-state index contributed by atoms with van der Waals surface area (Å²) in [6.07, 6.45) is 1.38. The van der Waals surface area contributed by atoms with Crippen LogP contribution in [0.1, 0.15) is 16.9 Å². The van der Waals surface area contributed by atoms with Crippen LogP contribution in [0.3, 0.4) is 0 Å². The van der Waals surface area contributed by atoms with Crippen molar-refractivity contribution < 1.29 is 23.7 Å². The number of nitrogens with zero attached hydrogens (tertiary/aromatic N) is 2. The summed E-state index contributed by atoms with van der Waals surface area (Å²) in [5, 5.41) is 13.6. The Morgan fingerprint density at radius 1 is 1.17 bits per heavy atom. The maximum absolute atomic E-state index is 12.8. The van der Waals surface area contributed by atoms with E-state index in [9.17, 15) is 24.5 Å². The zero-order chi connectivity index (χ0) is 25.3. The average Bonchev–Trinajstić information content (AvgIpc) is 3.37. The van der Waals surface area contributed by atoms with Gasteiger partial charge < -0.3 is 9.73 Å². The third kappa shape index (κ3) is 5.20.